The fourth-order valence-corrected chi connectivity index (χ4v) is 3.64. The van der Waals surface area contributed by atoms with Crippen LogP contribution in [0.25, 0.3) is 0 Å². The number of hydrogen-bond acceptors (Lipinski definition) is 4. The van der Waals surface area contributed by atoms with E-state index in [0.29, 0.717) is 35.8 Å². The fourth-order valence-electron chi connectivity index (χ4n) is 3.28. The van der Waals surface area contributed by atoms with Gasteiger partial charge in [0, 0.05) is 4.47 Å². The van der Waals surface area contributed by atoms with E-state index < -0.39 is 11.8 Å². The van der Waals surface area contributed by atoms with E-state index in [0.717, 1.165) is 35.7 Å². The van der Waals surface area contributed by atoms with Crippen molar-refractivity contribution in [2.75, 3.05) is 6.61 Å². The van der Waals surface area contributed by atoms with Crippen LogP contribution in [-0.2, 0) is 6.61 Å². The van der Waals surface area contributed by atoms with E-state index in [1.54, 1.807) is 36.4 Å². The lowest BCUT2D eigenvalue weighted by Gasteiger charge is -2.14. The quantitative estimate of drug-likeness (QED) is 0.236. The van der Waals surface area contributed by atoms with Gasteiger partial charge in [-0.1, -0.05) is 84.6 Å². The van der Waals surface area contributed by atoms with Crippen molar-refractivity contribution < 1.29 is 19.1 Å². The normalized spacial score (nSPS) is 10.4. The number of carbonyl (C=O) groups is 2. The first-order chi connectivity index (χ1) is 16.6. The molecule has 34 heavy (non-hydrogen) atoms. The number of nitrogens with one attached hydrogen (secondary N) is 2. The van der Waals surface area contributed by atoms with Gasteiger partial charge in [-0.3, -0.25) is 20.4 Å². The molecular weight excluding hydrogens is 496 g/mol. The molecule has 0 aliphatic heterocycles. The highest BCUT2D eigenvalue weighted by atomic mass is 79.9. The molecule has 178 valence electrons. The van der Waals surface area contributed by atoms with Gasteiger partial charge in [0.2, 0.25) is 0 Å². The van der Waals surface area contributed by atoms with Crippen molar-refractivity contribution in [1.82, 2.24) is 10.9 Å². The molecule has 0 saturated carbocycles. The highest BCUT2D eigenvalue weighted by molar-refractivity contribution is 9.10. The first kappa shape index (κ1) is 25.3. The summed E-state index contributed by atoms with van der Waals surface area (Å²) in [6, 6.07) is 21.8. The van der Waals surface area contributed by atoms with Crippen molar-refractivity contribution in [3.8, 4) is 11.5 Å². The Kier molecular flexibility index (Phi) is 9.98. The number of halogens is 1. The first-order valence-electron chi connectivity index (χ1n) is 11.4. The minimum atomic E-state index is -0.478. The van der Waals surface area contributed by atoms with Gasteiger partial charge in [0.05, 0.1) is 17.7 Å². The second-order valence-electron chi connectivity index (χ2n) is 7.73. The summed E-state index contributed by atoms with van der Waals surface area (Å²) < 4.78 is 12.4. The number of rotatable bonds is 11. The first-order valence-corrected chi connectivity index (χ1v) is 12.2. The summed E-state index contributed by atoms with van der Waals surface area (Å²) in [6.45, 7) is 3.01. The molecule has 6 nitrogen and oxygen atoms in total. The van der Waals surface area contributed by atoms with Crippen LogP contribution >= 0.6 is 15.9 Å². The van der Waals surface area contributed by atoms with Crippen LogP contribution in [0.3, 0.4) is 0 Å². The van der Waals surface area contributed by atoms with Crippen molar-refractivity contribution in [3.05, 3.63) is 94.0 Å². The van der Waals surface area contributed by atoms with Crippen LogP contribution in [0.5, 0.6) is 11.5 Å². The maximum Gasteiger partial charge on any atom is 0.273 e. The predicted molar refractivity (Wildman–Crippen MR) is 136 cm³/mol. The minimum absolute atomic E-state index is 0.320. The number of carbonyl (C=O) groups excluding carboxylic acids is 2. The molecule has 0 fully saturated rings. The van der Waals surface area contributed by atoms with Gasteiger partial charge in [0.15, 0.2) is 0 Å². The molecule has 3 rings (SSSR count). The molecule has 3 aromatic carbocycles. The van der Waals surface area contributed by atoms with Crippen LogP contribution in [0.4, 0.5) is 0 Å². The molecule has 2 N–H and O–H groups in total. The summed E-state index contributed by atoms with van der Waals surface area (Å²) in [6.07, 6.45) is 4.30. The van der Waals surface area contributed by atoms with Gasteiger partial charge in [-0.2, -0.15) is 0 Å². The molecule has 0 aliphatic rings. The number of ether oxygens (including phenoxy) is 2. The SMILES string of the molecule is CCCCCCOc1ccc(Br)cc1C(=O)NNC(=O)c1ccccc1OCc1ccccc1. The second-order valence-corrected chi connectivity index (χ2v) is 8.64. The number of benzene rings is 3. The Morgan fingerprint density at radius 1 is 0.765 bits per heavy atom. The summed E-state index contributed by atoms with van der Waals surface area (Å²) in [4.78, 5) is 25.6. The topological polar surface area (TPSA) is 76.7 Å². The van der Waals surface area contributed by atoms with Crippen LogP contribution in [0, 0.1) is 0 Å². The van der Waals surface area contributed by atoms with Crippen molar-refractivity contribution in [3.63, 3.8) is 0 Å². The van der Waals surface area contributed by atoms with E-state index >= 15 is 0 Å². The van der Waals surface area contributed by atoms with Crippen molar-refractivity contribution in [2.45, 2.75) is 39.2 Å². The summed E-state index contributed by atoms with van der Waals surface area (Å²) >= 11 is 3.39. The zero-order valence-electron chi connectivity index (χ0n) is 19.2. The molecule has 7 heteroatoms. The standard InChI is InChI=1S/C27H29BrN2O4/c1-2-3-4-10-17-33-25-16-15-21(28)18-23(25)27(32)30-29-26(31)22-13-8-9-14-24(22)34-19-20-11-6-5-7-12-20/h5-9,11-16,18H,2-4,10,17,19H2,1H3,(H,29,31)(H,30,32). The fraction of sp³-hybridized carbons (Fsp3) is 0.259. The summed E-state index contributed by atoms with van der Waals surface area (Å²) in [5.74, 6) is -0.0513. The molecule has 0 bridgehead atoms. The van der Waals surface area contributed by atoms with Gasteiger partial charge in [0.1, 0.15) is 18.1 Å². The minimum Gasteiger partial charge on any atom is -0.493 e. The van der Waals surface area contributed by atoms with Gasteiger partial charge in [0.25, 0.3) is 11.8 Å². The van der Waals surface area contributed by atoms with E-state index in [-0.39, 0.29) is 0 Å². The van der Waals surface area contributed by atoms with E-state index in [4.69, 9.17) is 9.47 Å². The number of hydrazine groups is 1. The van der Waals surface area contributed by atoms with Crippen LogP contribution in [0.2, 0.25) is 0 Å². The lowest BCUT2D eigenvalue weighted by Crippen LogP contribution is -2.41. The summed E-state index contributed by atoms with van der Waals surface area (Å²) in [7, 11) is 0. The highest BCUT2D eigenvalue weighted by Gasteiger charge is 2.17. The maximum absolute atomic E-state index is 12.8. The summed E-state index contributed by atoms with van der Waals surface area (Å²) in [5, 5.41) is 0. The smallest absolute Gasteiger partial charge is 0.273 e. The van der Waals surface area contributed by atoms with Gasteiger partial charge in [-0.05, 0) is 42.3 Å². The average molecular weight is 525 g/mol. The Morgan fingerprint density at radius 3 is 2.21 bits per heavy atom. The van der Waals surface area contributed by atoms with Crippen molar-refractivity contribution in [2.24, 2.45) is 0 Å². The lowest BCUT2D eigenvalue weighted by molar-refractivity contribution is 0.0841. The lowest BCUT2D eigenvalue weighted by atomic mass is 10.2. The molecule has 0 radical (unpaired) electrons. The van der Waals surface area contributed by atoms with Crippen LogP contribution in [0.1, 0.15) is 58.9 Å². The number of hydrogen-bond donors (Lipinski definition) is 2. The molecular formula is C27H29BrN2O4. The third kappa shape index (κ3) is 7.63. The third-order valence-corrected chi connectivity index (χ3v) is 5.59. The Balaban J connectivity index is 1.61. The Labute approximate surface area is 208 Å². The predicted octanol–water partition coefficient (Wildman–Crippen LogP) is 6.06. The van der Waals surface area contributed by atoms with Crippen molar-refractivity contribution >= 4 is 27.7 Å². The maximum atomic E-state index is 12.8. The van der Waals surface area contributed by atoms with Gasteiger partial charge >= 0.3 is 0 Å². The number of para-hydroxylation sites is 1. The molecule has 0 aliphatic carbocycles. The Morgan fingerprint density at radius 2 is 1.44 bits per heavy atom. The largest absolute Gasteiger partial charge is 0.493 e. The summed E-state index contributed by atoms with van der Waals surface area (Å²) in [5.41, 5.74) is 6.60. The molecule has 0 aromatic heterocycles. The van der Waals surface area contributed by atoms with Gasteiger partial charge in [-0.25, -0.2) is 0 Å². The molecule has 0 unspecified atom stereocenters. The zero-order chi connectivity index (χ0) is 24.2. The molecule has 0 saturated heterocycles. The van der Waals surface area contributed by atoms with Gasteiger partial charge < -0.3 is 9.47 Å². The van der Waals surface area contributed by atoms with Crippen LogP contribution < -0.4 is 20.3 Å². The third-order valence-electron chi connectivity index (χ3n) is 5.10. The van der Waals surface area contributed by atoms with Gasteiger partial charge in [-0.15, -0.1) is 0 Å². The number of unbranched alkanes of at least 4 members (excludes halogenated alkanes) is 3. The van der Waals surface area contributed by atoms with Crippen LogP contribution in [-0.4, -0.2) is 18.4 Å². The number of amides is 2. The molecule has 2 amide bonds. The Hall–Kier alpha value is -3.32. The van der Waals surface area contributed by atoms with E-state index in [1.807, 2.05) is 36.4 Å². The van der Waals surface area contributed by atoms with E-state index in [1.165, 1.54) is 0 Å². The highest BCUT2D eigenvalue weighted by Crippen LogP contribution is 2.24. The van der Waals surface area contributed by atoms with E-state index in [9.17, 15) is 9.59 Å². The van der Waals surface area contributed by atoms with E-state index in [2.05, 4.69) is 33.7 Å². The average Bonchev–Trinajstić information content (AvgIpc) is 2.87. The zero-order valence-corrected chi connectivity index (χ0v) is 20.8. The molecule has 0 spiro atoms. The molecule has 0 atom stereocenters. The second kappa shape index (κ2) is 13.4. The molecule has 3 aromatic rings. The Bertz CT molecular complexity index is 1090. The van der Waals surface area contributed by atoms with Crippen LogP contribution in [0.15, 0.2) is 77.3 Å². The molecule has 0 heterocycles. The van der Waals surface area contributed by atoms with Crippen molar-refractivity contribution in [1.29, 1.82) is 0 Å². The monoisotopic (exact) mass is 524 g/mol.